The van der Waals surface area contributed by atoms with E-state index in [0.29, 0.717) is 0 Å². The molecule has 0 amide bonds. The van der Waals surface area contributed by atoms with E-state index < -0.39 is 5.97 Å². The zero-order chi connectivity index (χ0) is 8.97. The molecule has 0 aromatic rings. The van der Waals surface area contributed by atoms with Crippen molar-refractivity contribution in [3.05, 3.63) is 0 Å². The summed E-state index contributed by atoms with van der Waals surface area (Å²) in [6, 6.07) is 0.0260. The summed E-state index contributed by atoms with van der Waals surface area (Å²) in [7, 11) is 0. The highest BCUT2D eigenvalue weighted by Gasteiger charge is 2.22. The largest absolute Gasteiger partial charge is 0.480 e. The van der Waals surface area contributed by atoms with Crippen LogP contribution in [-0.4, -0.2) is 29.8 Å². The van der Waals surface area contributed by atoms with Crippen LogP contribution >= 0.6 is 0 Å². The van der Waals surface area contributed by atoms with Crippen LogP contribution in [0.2, 0.25) is 0 Å². The Hall–Kier alpha value is -0.610. The number of hydrogen-bond donors (Lipinski definition) is 2. The molecule has 1 rings (SSSR count). The van der Waals surface area contributed by atoms with E-state index in [0.717, 1.165) is 25.7 Å². The minimum atomic E-state index is -0.923. The molecule has 0 radical (unpaired) electrons. The second-order valence-corrected chi connectivity index (χ2v) is 3.19. The normalized spacial score (nSPS) is 30.1. The molecule has 4 heteroatoms. The molecule has 0 aromatic heterocycles. The van der Waals surface area contributed by atoms with Crippen molar-refractivity contribution in [1.29, 1.82) is 0 Å². The van der Waals surface area contributed by atoms with E-state index in [9.17, 15) is 4.79 Å². The zero-order valence-electron chi connectivity index (χ0n) is 7.03. The molecule has 1 fully saturated rings. The van der Waals surface area contributed by atoms with Crippen LogP contribution in [0.5, 0.6) is 0 Å². The highest BCUT2D eigenvalue weighted by atomic mass is 16.5. The molecule has 12 heavy (non-hydrogen) atoms. The fourth-order valence-electron chi connectivity index (χ4n) is 1.51. The maximum Gasteiger partial charge on any atom is 0.329 e. The van der Waals surface area contributed by atoms with E-state index in [1.165, 1.54) is 0 Å². The fourth-order valence-corrected chi connectivity index (χ4v) is 1.51. The standard InChI is InChI=1S/C8H15NO3/c9-6-3-1-2-4-7(6)12-5-8(10)11/h6-7H,1-5,9H2,(H,10,11). The number of hydrogen-bond acceptors (Lipinski definition) is 3. The summed E-state index contributed by atoms with van der Waals surface area (Å²) in [5.74, 6) is -0.923. The Morgan fingerprint density at radius 3 is 2.75 bits per heavy atom. The van der Waals surface area contributed by atoms with Gasteiger partial charge < -0.3 is 15.6 Å². The van der Waals surface area contributed by atoms with Crippen molar-refractivity contribution in [2.75, 3.05) is 6.61 Å². The Bertz CT molecular complexity index is 160. The van der Waals surface area contributed by atoms with Gasteiger partial charge in [-0.3, -0.25) is 0 Å². The Morgan fingerprint density at radius 1 is 1.50 bits per heavy atom. The minimum absolute atomic E-state index is 0.0260. The molecule has 0 aromatic carbocycles. The summed E-state index contributed by atoms with van der Waals surface area (Å²) in [4.78, 5) is 10.2. The molecule has 0 heterocycles. The van der Waals surface area contributed by atoms with Crippen LogP contribution in [0.25, 0.3) is 0 Å². The molecule has 1 aliphatic carbocycles. The molecular formula is C8H15NO3. The van der Waals surface area contributed by atoms with Crippen LogP contribution in [0.3, 0.4) is 0 Å². The fraction of sp³-hybridized carbons (Fsp3) is 0.875. The van der Waals surface area contributed by atoms with Crippen molar-refractivity contribution in [1.82, 2.24) is 0 Å². The monoisotopic (exact) mass is 173 g/mol. The van der Waals surface area contributed by atoms with Gasteiger partial charge in [0.25, 0.3) is 0 Å². The number of carbonyl (C=O) groups is 1. The average molecular weight is 173 g/mol. The molecule has 2 atom stereocenters. The molecule has 1 saturated carbocycles. The molecular weight excluding hydrogens is 158 g/mol. The van der Waals surface area contributed by atoms with Gasteiger partial charge in [0, 0.05) is 6.04 Å². The smallest absolute Gasteiger partial charge is 0.329 e. The first-order valence-electron chi connectivity index (χ1n) is 4.29. The highest BCUT2D eigenvalue weighted by Crippen LogP contribution is 2.19. The topological polar surface area (TPSA) is 72.5 Å². The molecule has 0 saturated heterocycles. The number of aliphatic carboxylic acids is 1. The lowest BCUT2D eigenvalue weighted by Gasteiger charge is -2.27. The molecule has 2 unspecified atom stereocenters. The molecule has 0 bridgehead atoms. The molecule has 0 aliphatic heterocycles. The summed E-state index contributed by atoms with van der Waals surface area (Å²) in [6.45, 7) is -0.224. The third-order valence-electron chi connectivity index (χ3n) is 2.17. The van der Waals surface area contributed by atoms with Gasteiger partial charge >= 0.3 is 5.97 Å². The maximum atomic E-state index is 10.2. The van der Waals surface area contributed by atoms with Crippen LogP contribution in [0.15, 0.2) is 0 Å². The lowest BCUT2D eigenvalue weighted by molar-refractivity contribution is -0.145. The summed E-state index contributed by atoms with van der Waals surface area (Å²) in [6.07, 6.45) is 4.03. The lowest BCUT2D eigenvalue weighted by Crippen LogP contribution is -2.40. The summed E-state index contributed by atoms with van der Waals surface area (Å²) >= 11 is 0. The van der Waals surface area contributed by atoms with Crippen LogP contribution < -0.4 is 5.73 Å². The van der Waals surface area contributed by atoms with Crippen molar-refractivity contribution >= 4 is 5.97 Å². The predicted molar refractivity (Wildman–Crippen MR) is 43.8 cm³/mol. The number of rotatable bonds is 3. The number of nitrogens with two attached hydrogens (primary N) is 1. The van der Waals surface area contributed by atoms with Crippen molar-refractivity contribution in [3.8, 4) is 0 Å². The summed E-state index contributed by atoms with van der Waals surface area (Å²) in [5.41, 5.74) is 5.75. The van der Waals surface area contributed by atoms with Crippen molar-refractivity contribution in [2.45, 2.75) is 37.8 Å². The maximum absolute atomic E-state index is 10.2. The minimum Gasteiger partial charge on any atom is -0.480 e. The lowest BCUT2D eigenvalue weighted by atomic mass is 9.93. The van der Waals surface area contributed by atoms with Gasteiger partial charge in [-0.25, -0.2) is 4.79 Å². The Labute approximate surface area is 71.7 Å². The van der Waals surface area contributed by atoms with Crippen LogP contribution in [-0.2, 0) is 9.53 Å². The molecule has 4 nitrogen and oxygen atoms in total. The average Bonchev–Trinajstić information content (AvgIpc) is 2.03. The Balaban J connectivity index is 2.24. The predicted octanol–water partition coefficient (Wildman–Crippen LogP) is 0.357. The zero-order valence-corrected chi connectivity index (χ0v) is 7.03. The van der Waals surface area contributed by atoms with Gasteiger partial charge in [0.1, 0.15) is 6.61 Å². The van der Waals surface area contributed by atoms with Crippen LogP contribution in [0, 0.1) is 0 Å². The second-order valence-electron chi connectivity index (χ2n) is 3.19. The van der Waals surface area contributed by atoms with Gasteiger partial charge in [-0.2, -0.15) is 0 Å². The van der Waals surface area contributed by atoms with Crippen LogP contribution in [0.4, 0.5) is 0 Å². The third-order valence-corrected chi connectivity index (χ3v) is 2.17. The molecule has 1 aliphatic rings. The Kier molecular flexibility index (Phi) is 3.49. The quantitative estimate of drug-likeness (QED) is 0.646. The van der Waals surface area contributed by atoms with Gasteiger partial charge in [0.15, 0.2) is 0 Å². The third kappa shape index (κ3) is 2.79. The first kappa shape index (κ1) is 9.48. The Morgan fingerprint density at radius 2 is 2.17 bits per heavy atom. The van der Waals surface area contributed by atoms with E-state index in [2.05, 4.69) is 0 Å². The van der Waals surface area contributed by atoms with Gasteiger partial charge in [-0.1, -0.05) is 12.8 Å². The molecule has 3 N–H and O–H groups in total. The summed E-state index contributed by atoms with van der Waals surface area (Å²) < 4.78 is 5.13. The highest BCUT2D eigenvalue weighted by molar-refractivity contribution is 5.68. The van der Waals surface area contributed by atoms with Crippen molar-refractivity contribution in [3.63, 3.8) is 0 Å². The second kappa shape index (κ2) is 4.42. The van der Waals surface area contributed by atoms with Crippen LogP contribution in [0.1, 0.15) is 25.7 Å². The van der Waals surface area contributed by atoms with Gasteiger partial charge in [0.05, 0.1) is 6.10 Å². The van der Waals surface area contributed by atoms with E-state index in [1.807, 2.05) is 0 Å². The summed E-state index contributed by atoms with van der Waals surface area (Å²) in [5, 5.41) is 8.36. The van der Waals surface area contributed by atoms with Crippen molar-refractivity contribution < 1.29 is 14.6 Å². The van der Waals surface area contributed by atoms with Gasteiger partial charge in [-0.05, 0) is 12.8 Å². The molecule has 70 valence electrons. The first-order valence-corrected chi connectivity index (χ1v) is 4.29. The van der Waals surface area contributed by atoms with Crippen molar-refractivity contribution in [2.24, 2.45) is 5.73 Å². The number of carboxylic acids is 1. The van der Waals surface area contributed by atoms with Gasteiger partial charge in [-0.15, -0.1) is 0 Å². The number of carboxylic acid groups (broad SMARTS) is 1. The SMILES string of the molecule is NC1CCCCC1OCC(=O)O. The van der Waals surface area contributed by atoms with E-state index in [4.69, 9.17) is 15.6 Å². The van der Waals surface area contributed by atoms with Gasteiger partial charge in [0.2, 0.25) is 0 Å². The molecule has 0 spiro atoms. The van der Waals surface area contributed by atoms with E-state index in [1.54, 1.807) is 0 Å². The number of ether oxygens (including phenoxy) is 1. The van der Waals surface area contributed by atoms with E-state index in [-0.39, 0.29) is 18.8 Å². The van der Waals surface area contributed by atoms with E-state index >= 15 is 0 Å². The first-order chi connectivity index (χ1) is 5.70.